The molecule has 5 heterocycles. The van der Waals surface area contributed by atoms with Crippen LogP contribution in [0, 0.1) is 13.8 Å². The molecule has 1 saturated heterocycles. The molecule has 0 radical (unpaired) electrons. The average molecular weight is 336 g/mol. The molecular weight excluding hydrogens is 316 g/mol. The average Bonchev–Trinajstić information content (AvgIpc) is 3.21. The second-order valence-electron chi connectivity index (χ2n) is 7.18. The van der Waals surface area contributed by atoms with Crippen LogP contribution in [0.3, 0.4) is 0 Å². The van der Waals surface area contributed by atoms with E-state index in [1.165, 1.54) is 5.69 Å². The standard InChI is InChI=1S/C18H20N6O/c1-10-6-17-19-8-13-15-5-4-12(7-16(13)24(17)20-10)23(15)18(25)14-9-22(3)21-11(14)2/h6,8-9,12,15H,4-5,7H2,1-3H3/t12-,15+/m1/s1. The fourth-order valence-corrected chi connectivity index (χ4v) is 4.46. The number of hydrogen-bond donors (Lipinski definition) is 0. The molecule has 0 unspecified atom stereocenters. The first kappa shape index (κ1) is 14.6. The maximum absolute atomic E-state index is 13.2. The molecule has 2 aliphatic rings. The maximum Gasteiger partial charge on any atom is 0.258 e. The highest BCUT2D eigenvalue weighted by molar-refractivity contribution is 5.96. The molecule has 0 aliphatic carbocycles. The monoisotopic (exact) mass is 336 g/mol. The SMILES string of the molecule is Cc1cc2ncc3c(n2n1)C[C@H]1CC[C@@H]3N1C(=O)c1cn(C)nc1C. The molecule has 0 saturated carbocycles. The van der Waals surface area contributed by atoms with Gasteiger partial charge >= 0.3 is 0 Å². The van der Waals surface area contributed by atoms with Crippen molar-refractivity contribution in [3.63, 3.8) is 0 Å². The molecule has 2 aliphatic heterocycles. The van der Waals surface area contributed by atoms with Gasteiger partial charge in [-0.15, -0.1) is 0 Å². The van der Waals surface area contributed by atoms with Crippen LogP contribution < -0.4 is 0 Å². The third-order valence-electron chi connectivity index (χ3n) is 5.51. The van der Waals surface area contributed by atoms with Gasteiger partial charge in [-0.05, 0) is 26.7 Å². The van der Waals surface area contributed by atoms with E-state index in [0.29, 0.717) is 5.56 Å². The van der Waals surface area contributed by atoms with E-state index in [1.807, 2.05) is 43.9 Å². The van der Waals surface area contributed by atoms with Crippen molar-refractivity contribution in [3.05, 3.63) is 46.7 Å². The van der Waals surface area contributed by atoms with Gasteiger partial charge in [0.15, 0.2) is 5.65 Å². The van der Waals surface area contributed by atoms with Gasteiger partial charge in [-0.1, -0.05) is 0 Å². The number of fused-ring (bicyclic) bond motifs is 6. The smallest absolute Gasteiger partial charge is 0.258 e. The van der Waals surface area contributed by atoms with E-state index in [9.17, 15) is 4.79 Å². The van der Waals surface area contributed by atoms with Crippen LogP contribution in [0.25, 0.3) is 5.65 Å². The molecule has 7 heteroatoms. The first-order valence-electron chi connectivity index (χ1n) is 8.70. The minimum Gasteiger partial charge on any atom is -0.328 e. The molecule has 5 rings (SSSR count). The number of aromatic nitrogens is 5. The minimum absolute atomic E-state index is 0.0838. The Kier molecular flexibility index (Phi) is 2.87. The van der Waals surface area contributed by atoms with Gasteiger partial charge in [0.1, 0.15) is 0 Å². The third-order valence-corrected chi connectivity index (χ3v) is 5.51. The Bertz CT molecular complexity index is 1020. The van der Waals surface area contributed by atoms with E-state index < -0.39 is 0 Å². The maximum atomic E-state index is 13.2. The van der Waals surface area contributed by atoms with Crippen molar-refractivity contribution >= 4 is 11.6 Å². The highest BCUT2D eigenvalue weighted by Gasteiger charge is 2.44. The van der Waals surface area contributed by atoms with E-state index in [-0.39, 0.29) is 18.0 Å². The molecule has 0 N–H and O–H groups in total. The molecule has 2 bridgehead atoms. The third kappa shape index (κ3) is 1.98. The van der Waals surface area contributed by atoms with Crippen LogP contribution in [0.2, 0.25) is 0 Å². The van der Waals surface area contributed by atoms with Crippen LogP contribution in [-0.2, 0) is 13.5 Å². The largest absolute Gasteiger partial charge is 0.328 e. The second kappa shape index (κ2) is 4.91. The number of nitrogens with zero attached hydrogens (tertiary/aromatic N) is 6. The van der Waals surface area contributed by atoms with Crippen molar-refractivity contribution in [1.82, 2.24) is 29.3 Å². The van der Waals surface area contributed by atoms with Crippen LogP contribution in [0.15, 0.2) is 18.5 Å². The van der Waals surface area contributed by atoms with Crippen molar-refractivity contribution in [2.75, 3.05) is 0 Å². The molecule has 25 heavy (non-hydrogen) atoms. The van der Waals surface area contributed by atoms with Crippen molar-refractivity contribution in [1.29, 1.82) is 0 Å². The zero-order valence-electron chi connectivity index (χ0n) is 14.6. The Morgan fingerprint density at radius 1 is 1.24 bits per heavy atom. The van der Waals surface area contributed by atoms with Crippen LogP contribution in [0.5, 0.6) is 0 Å². The lowest BCUT2D eigenvalue weighted by Gasteiger charge is -2.36. The Labute approximate surface area is 145 Å². The molecule has 0 spiro atoms. The molecule has 0 aromatic carbocycles. The molecule has 128 valence electrons. The summed E-state index contributed by atoms with van der Waals surface area (Å²) in [6.07, 6.45) is 6.60. The molecule has 1 fully saturated rings. The number of hydrogen-bond acceptors (Lipinski definition) is 4. The summed E-state index contributed by atoms with van der Waals surface area (Å²) in [5.74, 6) is 0.0838. The van der Waals surface area contributed by atoms with Gasteiger partial charge in [0.2, 0.25) is 0 Å². The van der Waals surface area contributed by atoms with Crippen molar-refractivity contribution in [3.8, 4) is 0 Å². The first-order valence-corrected chi connectivity index (χ1v) is 8.70. The lowest BCUT2D eigenvalue weighted by Crippen LogP contribution is -2.42. The number of rotatable bonds is 1. The van der Waals surface area contributed by atoms with E-state index in [4.69, 9.17) is 0 Å². The molecular formula is C18H20N6O. The van der Waals surface area contributed by atoms with Gasteiger partial charge < -0.3 is 4.90 Å². The fraction of sp³-hybridized carbons (Fsp3) is 0.444. The van der Waals surface area contributed by atoms with Gasteiger partial charge in [-0.3, -0.25) is 9.48 Å². The summed E-state index contributed by atoms with van der Waals surface area (Å²) < 4.78 is 3.67. The summed E-state index contributed by atoms with van der Waals surface area (Å²) in [5, 5.41) is 8.93. The van der Waals surface area contributed by atoms with Gasteiger partial charge in [0.05, 0.1) is 28.7 Å². The summed E-state index contributed by atoms with van der Waals surface area (Å²) in [7, 11) is 1.85. The van der Waals surface area contributed by atoms with Crippen LogP contribution in [0.1, 0.15) is 51.9 Å². The molecule has 2 atom stereocenters. The van der Waals surface area contributed by atoms with Crippen molar-refractivity contribution in [2.45, 2.75) is 45.2 Å². The molecule has 3 aromatic rings. The first-order chi connectivity index (χ1) is 12.0. The quantitative estimate of drug-likeness (QED) is 0.681. The summed E-state index contributed by atoms with van der Waals surface area (Å²) >= 11 is 0. The Balaban J connectivity index is 1.60. The van der Waals surface area contributed by atoms with E-state index in [0.717, 1.165) is 41.9 Å². The lowest BCUT2D eigenvalue weighted by atomic mass is 9.98. The molecule has 1 amide bonds. The Hall–Kier alpha value is -2.70. The van der Waals surface area contributed by atoms with Gasteiger partial charge in [-0.2, -0.15) is 10.2 Å². The van der Waals surface area contributed by atoms with Crippen molar-refractivity contribution < 1.29 is 4.79 Å². The summed E-state index contributed by atoms with van der Waals surface area (Å²) in [4.78, 5) is 19.8. The summed E-state index contributed by atoms with van der Waals surface area (Å²) in [6, 6.07) is 2.31. The topological polar surface area (TPSA) is 68.3 Å². The lowest BCUT2D eigenvalue weighted by molar-refractivity contribution is 0.0642. The summed E-state index contributed by atoms with van der Waals surface area (Å²) in [5.41, 5.74) is 5.69. The minimum atomic E-state index is 0.0838. The molecule has 3 aromatic heterocycles. The van der Waals surface area contributed by atoms with Crippen LogP contribution >= 0.6 is 0 Å². The highest BCUT2D eigenvalue weighted by Crippen LogP contribution is 2.44. The van der Waals surface area contributed by atoms with Crippen LogP contribution in [-0.4, -0.2) is 41.2 Å². The highest BCUT2D eigenvalue weighted by atomic mass is 16.2. The Morgan fingerprint density at radius 3 is 2.84 bits per heavy atom. The Morgan fingerprint density at radius 2 is 2.08 bits per heavy atom. The second-order valence-corrected chi connectivity index (χ2v) is 7.18. The van der Waals surface area contributed by atoms with Crippen LogP contribution in [0.4, 0.5) is 0 Å². The van der Waals surface area contributed by atoms with E-state index in [2.05, 4.69) is 20.1 Å². The van der Waals surface area contributed by atoms with Crippen molar-refractivity contribution in [2.24, 2.45) is 7.05 Å². The zero-order chi connectivity index (χ0) is 17.3. The zero-order valence-corrected chi connectivity index (χ0v) is 14.6. The normalized spacial score (nSPS) is 21.8. The van der Waals surface area contributed by atoms with E-state index >= 15 is 0 Å². The number of aryl methyl sites for hydroxylation is 3. The predicted octanol–water partition coefficient (Wildman–Crippen LogP) is 1.98. The predicted molar refractivity (Wildman–Crippen MR) is 91.3 cm³/mol. The van der Waals surface area contributed by atoms with E-state index in [1.54, 1.807) is 4.68 Å². The van der Waals surface area contributed by atoms with Gasteiger partial charge in [-0.25, -0.2) is 9.50 Å². The van der Waals surface area contributed by atoms with Gasteiger partial charge in [0.25, 0.3) is 5.91 Å². The number of carbonyl (C=O) groups excluding carboxylic acids is 1. The fourth-order valence-electron chi connectivity index (χ4n) is 4.46. The summed E-state index contributed by atoms with van der Waals surface area (Å²) in [6.45, 7) is 3.88. The molecule has 7 nitrogen and oxygen atoms in total. The van der Waals surface area contributed by atoms with Gasteiger partial charge in [0, 0.05) is 43.5 Å². The number of amides is 1. The number of carbonyl (C=O) groups is 1.